The minimum atomic E-state index is -1.06. The van der Waals surface area contributed by atoms with Crippen molar-refractivity contribution in [1.29, 1.82) is 0 Å². The standard InChI is InChI=1S/C12H17N3O4S/c1-15-5-2-3-9(15)11(17)14-10(16)7-20-6-4-8(13)12(18)19/h2-3,5,8H,4,6-7,13H2,1H3,(H,18,19)(H,14,16,17). The summed E-state index contributed by atoms with van der Waals surface area (Å²) in [5, 5.41) is 10.8. The SMILES string of the molecule is Cn1cccc1C(=O)NC(=O)CSCCC(N)C(=O)O. The van der Waals surface area contributed by atoms with Gasteiger partial charge in [-0.3, -0.25) is 19.7 Å². The van der Waals surface area contributed by atoms with Crippen LogP contribution in [0.1, 0.15) is 16.9 Å². The van der Waals surface area contributed by atoms with Crippen molar-refractivity contribution in [1.82, 2.24) is 9.88 Å². The van der Waals surface area contributed by atoms with Gasteiger partial charge in [0, 0.05) is 13.2 Å². The van der Waals surface area contributed by atoms with E-state index in [1.54, 1.807) is 29.9 Å². The lowest BCUT2D eigenvalue weighted by Crippen LogP contribution is -2.33. The first-order valence-electron chi connectivity index (χ1n) is 5.93. The monoisotopic (exact) mass is 299 g/mol. The number of amides is 2. The molecular weight excluding hydrogens is 282 g/mol. The minimum absolute atomic E-state index is 0.0858. The van der Waals surface area contributed by atoms with Gasteiger partial charge in [-0.1, -0.05) is 0 Å². The average molecular weight is 299 g/mol. The Kier molecular flexibility index (Phi) is 6.26. The van der Waals surface area contributed by atoms with Crippen LogP contribution in [-0.2, 0) is 16.6 Å². The summed E-state index contributed by atoms with van der Waals surface area (Å²) in [7, 11) is 1.71. The highest BCUT2D eigenvalue weighted by molar-refractivity contribution is 7.99. The summed E-state index contributed by atoms with van der Waals surface area (Å²) < 4.78 is 1.61. The van der Waals surface area contributed by atoms with Crippen molar-refractivity contribution in [3.63, 3.8) is 0 Å². The van der Waals surface area contributed by atoms with E-state index in [1.165, 1.54) is 11.8 Å². The Morgan fingerprint density at radius 3 is 2.75 bits per heavy atom. The number of nitrogens with zero attached hydrogens (tertiary/aromatic N) is 1. The fourth-order valence-electron chi connectivity index (χ4n) is 1.42. The van der Waals surface area contributed by atoms with Crippen molar-refractivity contribution in [2.75, 3.05) is 11.5 Å². The number of hydrogen-bond donors (Lipinski definition) is 3. The Balaban J connectivity index is 2.26. The second-order valence-corrected chi connectivity index (χ2v) is 5.27. The molecule has 1 atom stereocenters. The quantitative estimate of drug-likeness (QED) is 0.602. The van der Waals surface area contributed by atoms with Crippen LogP contribution in [0, 0.1) is 0 Å². The molecule has 20 heavy (non-hydrogen) atoms. The van der Waals surface area contributed by atoms with Gasteiger partial charge in [0.2, 0.25) is 5.91 Å². The topological polar surface area (TPSA) is 114 Å². The van der Waals surface area contributed by atoms with Gasteiger partial charge in [-0.05, 0) is 24.3 Å². The molecule has 1 heterocycles. The van der Waals surface area contributed by atoms with E-state index in [0.717, 1.165) is 0 Å². The first-order valence-corrected chi connectivity index (χ1v) is 7.09. The number of rotatable bonds is 7. The van der Waals surface area contributed by atoms with Crippen molar-refractivity contribution >= 4 is 29.5 Å². The highest BCUT2D eigenvalue weighted by Gasteiger charge is 2.14. The first kappa shape index (κ1) is 16.3. The van der Waals surface area contributed by atoms with Crippen molar-refractivity contribution in [3.8, 4) is 0 Å². The maximum absolute atomic E-state index is 11.7. The molecule has 0 aromatic carbocycles. The molecule has 0 aliphatic heterocycles. The molecule has 7 nitrogen and oxygen atoms in total. The van der Waals surface area contributed by atoms with Gasteiger partial charge < -0.3 is 15.4 Å². The summed E-state index contributed by atoms with van der Waals surface area (Å²) in [5.41, 5.74) is 5.72. The maximum atomic E-state index is 11.7. The number of aryl methyl sites for hydroxylation is 1. The number of carbonyl (C=O) groups is 3. The molecule has 4 N–H and O–H groups in total. The number of carboxylic acid groups (broad SMARTS) is 1. The molecule has 1 aromatic rings. The molecule has 2 amide bonds. The minimum Gasteiger partial charge on any atom is -0.480 e. The summed E-state index contributed by atoms with van der Waals surface area (Å²) in [6.45, 7) is 0. The molecule has 8 heteroatoms. The van der Waals surface area contributed by atoms with Crippen LogP contribution < -0.4 is 11.1 Å². The largest absolute Gasteiger partial charge is 0.480 e. The highest BCUT2D eigenvalue weighted by Crippen LogP contribution is 2.05. The lowest BCUT2D eigenvalue weighted by molar-refractivity contribution is -0.138. The van der Waals surface area contributed by atoms with E-state index in [4.69, 9.17) is 10.8 Å². The number of thioether (sulfide) groups is 1. The van der Waals surface area contributed by atoms with Crippen molar-refractivity contribution in [3.05, 3.63) is 24.0 Å². The number of carbonyl (C=O) groups excluding carboxylic acids is 2. The van der Waals surface area contributed by atoms with E-state index >= 15 is 0 Å². The normalized spacial score (nSPS) is 11.9. The van der Waals surface area contributed by atoms with Gasteiger partial charge in [-0.2, -0.15) is 11.8 Å². The number of imide groups is 1. The number of carboxylic acids is 1. The van der Waals surface area contributed by atoms with E-state index in [0.29, 0.717) is 11.4 Å². The Morgan fingerprint density at radius 2 is 2.20 bits per heavy atom. The molecule has 0 spiro atoms. The van der Waals surface area contributed by atoms with E-state index in [9.17, 15) is 14.4 Å². The molecule has 0 aliphatic rings. The van der Waals surface area contributed by atoms with Gasteiger partial charge in [0.15, 0.2) is 0 Å². The molecule has 1 unspecified atom stereocenters. The second-order valence-electron chi connectivity index (χ2n) is 4.17. The third-order valence-electron chi connectivity index (χ3n) is 2.55. The van der Waals surface area contributed by atoms with E-state index in [1.807, 2.05) is 0 Å². The molecular formula is C12H17N3O4S. The summed E-state index contributed by atoms with van der Waals surface area (Å²) >= 11 is 1.24. The van der Waals surface area contributed by atoms with Crippen LogP contribution in [-0.4, -0.2) is 45.0 Å². The zero-order chi connectivity index (χ0) is 15.1. The molecule has 110 valence electrons. The first-order chi connectivity index (χ1) is 9.41. The number of nitrogens with one attached hydrogen (secondary N) is 1. The number of nitrogens with two attached hydrogens (primary N) is 1. The lowest BCUT2D eigenvalue weighted by Gasteiger charge is -2.06. The van der Waals surface area contributed by atoms with Crippen LogP contribution in [0.4, 0.5) is 0 Å². The van der Waals surface area contributed by atoms with Gasteiger partial charge in [0.1, 0.15) is 11.7 Å². The van der Waals surface area contributed by atoms with Gasteiger partial charge in [-0.15, -0.1) is 0 Å². The Labute approximate surface area is 120 Å². The van der Waals surface area contributed by atoms with E-state index < -0.39 is 23.8 Å². The maximum Gasteiger partial charge on any atom is 0.320 e. The van der Waals surface area contributed by atoms with E-state index in [-0.39, 0.29) is 12.2 Å². The van der Waals surface area contributed by atoms with Crippen molar-refractivity contribution in [2.24, 2.45) is 12.8 Å². The second kappa shape index (κ2) is 7.71. The number of aromatic nitrogens is 1. The molecule has 0 aliphatic carbocycles. The Hall–Kier alpha value is -1.80. The molecule has 1 aromatic heterocycles. The molecule has 0 bridgehead atoms. The number of aliphatic carboxylic acids is 1. The van der Waals surface area contributed by atoms with Crippen LogP contribution in [0.25, 0.3) is 0 Å². The van der Waals surface area contributed by atoms with Crippen LogP contribution in [0.3, 0.4) is 0 Å². The van der Waals surface area contributed by atoms with Gasteiger partial charge in [-0.25, -0.2) is 0 Å². The van der Waals surface area contributed by atoms with Gasteiger partial charge >= 0.3 is 5.97 Å². The smallest absolute Gasteiger partial charge is 0.320 e. The molecule has 0 saturated heterocycles. The molecule has 1 rings (SSSR count). The summed E-state index contributed by atoms with van der Waals surface area (Å²) in [4.78, 5) is 33.7. The predicted octanol–water partition coefficient (Wildman–Crippen LogP) is -0.183. The third-order valence-corrected chi connectivity index (χ3v) is 3.54. The van der Waals surface area contributed by atoms with E-state index in [2.05, 4.69) is 5.32 Å². The van der Waals surface area contributed by atoms with Crippen LogP contribution in [0.2, 0.25) is 0 Å². The Morgan fingerprint density at radius 1 is 1.50 bits per heavy atom. The van der Waals surface area contributed by atoms with Crippen LogP contribution in [0.15, 0.2) is 18.3 Å². The average Bonchev–Trinajstić information content (AvgIpc) is 2.80. The fraction of sp³-hybridized carbons (Fsp3) is 0.417. The molecule has 0 fully saturated rings. The third kappa shape index (κ3) is 5.06. The summed E-state index contributed by atoms with van der Waals surface area (Å²) in [6.07, 6.45) is 1.99. The van der Waals surface area contributed by atoms with Crippen molar-refractivity contribution in [2.45, 2.75) is 12.5 Å². The fourth-order valence-corrected chi connectivity index (χ4v) is 2.24. The summed E-state index contributed by atoms with van der Waals surface area (Å²) in [6, 6.07) is 2.40. The van der Waals surface area contributed by atoms with Gasteiger partial charge in [0.25, 0.3) is 5.91 Å². The lowest BCUT2D eigenvalue weighted by atomic mass is 10.2. The van der Waals surface area contributed by atoms with Crippen LogP contribution in [0.5, 0.6) is 0 Å². The molecule has 0 saturated carbocycles. The zero-order valence-electron chi connectivity index (χ0n) is 11.0. The zero-order valence-corrected chi connectivity index (χ0v) is 11.9. The number of hydrogen-bond acceptors (Lipinski definition) is 5. The summed E-state index contributed by atoms with van der Waals surface area (Å²) in [5.74, 6) is -1.40. The predicted molar refractivity (Wildman–Crippen MR) is 75.4 cm³/mol. The van der Waals surface area contributed by atoms with Crippen LogP contribution >= 0.6 is 11.8 Å². The highest BCUT2D eigenvalue weighted by atomic mass is 32.2. The van der Waals surface area contributed by atoms with Crippen molar-refractivity contribution < 1.29 is 19.5 Å². The Bertz CT molecular complexity index is 501. The molecule has 0 radical (unpaired) electrons. The van der Waals surface area contributed by atoms with Gasteiger partial charge in [0.05, 0.1) is 5.75 Å².